The monoisotopic (exact) mass is 388 g/mol. The molecule has 0 aromatic heterocycles. The lowest BCUT2D eigenvalue weighted by Gasteiger charge is -2.30. The Bertz CT molecular complexity index is 887. The van der Waals surface area contributed by atoms with E-state index >= 15 is 0 Å². The number of halogens is 3. The van der Waals surface area contributed by atoms with Crippen molar-refractivity contribution in [2.24, 2.45) is 0 Å². The smallest absolute Gasteiger partial charge is 0.264 e. The minimum Gasteiger partial charge on any atom is -0.378 e. The first-order valence-electron chi connectivity index (χ1n) is 7.47. The molecular formula is C16H15ClF2N2O3S. The molecule has 0 atom stereocenters. The molecule has 1 aliphatic heterocycles. The number of hydrogen-bond acceptors (Lipinski definition) is 4. The molecule has 1 aliphatic rings. The first-order valence-corrected chi connectivity index (χ1v) is 9.33. The Hall–Kier alpha value is -1.90. The maximum absolute atomic E-state index is 13.9. The molecule has 9 heteroatoms. The molecule has 0 bridgehead atoms. The fourth-order valence-electron chi connectivity index (χ4n) is 2.56. The minimum absolute atomic E-state index is 0.220. The summed E-state index contributed by atoms with van der Waals surface area (Å²) in [6, 6.07) is 7.07. The van der Waals surface area contributed by atoms with Crippen molar-refractivity contribution in [3.63, 3.8) is 0 Å². The van der Waals surface area contributed by atoms with E-state index in [4.69, 9.17) is 16.3 Å². The Kier molecular flexibility index (Phi) is 5.12. The summed E-state index contributed by atoms with van der Waals surface area (Å²) in [5.74, 6) is -2.02. The molecule has 1 saturated heterocycles. The number of hydrogen-bond donors (Lipinski definition) is 1. The summed E-state index contributed by atoms with van der Waals surface area (Å²) in [5, 5.41) is 0.328. The van der Waals surface area contributed by atoms with Crippen molar-refractivity contribution in [1.82, 2.24) is 0 Å². The van der Waals surface area contributed by atoms with Crippen molar-refractivity contribution in [3.05, 3.63) is 53.1 Å². The van der Waals surface area contributed by atoms with Crippen molar-refractivity contribution in [2.75, 3.05) is 35.9 Å². The van der Waals surface area contributed by atoms with E-state index in [1.165, 1.54) is 6.07 Å². The summed E-state index contributed by atoms with van der Waals surface area (Å²) in [5.41, 5.74) is 0.830. The van der Waals surface area contributed by atoms with Crippen molar-refractivity contribution in [2.45, 2.75) is 4.90 Å². The Morgan fingerprint density at radius 1 is 1.08 bits per heavy atom. The highest BCUT2D eigenvalue weighted by Crippen LogP contribution is 2.32. The van der Waals surface area contributed by atoms with Crippen LogP contribution in [0.4, 0.5) is 20.2 Å². The Labute approximate surface area is 149 Å². The van der Waals surface area contributed by atoms with Gasteiger partial charge in [0.1, 0.15) is 16.5 Å². The summed E-state index contributed by atoms with van der Waals surface area (Å²) in [6.45, 7) is 2.20. The van der Waals surface area contributed by atoms with Crippen LogP contribution in [0.25, 0.3) is 0 Å². The average Bonchev–Trinajstić information content (AvgIpc) is 2.55. The fourth-order valence-corrected chi connectivity index (χ4v) is 3.86. The zero-order valence-corrected chi connectivity index (χ0v) is 14.6. The number of ether oxygens (including phenoxy) is 1. The number of nitrogens with one attached hydrogen (secondary N) is 1. The third kappa shape index (κ3) is 4.02. The zero-order chi connectivity index (χ0) is 18.0. The Morgan fingerprint density at radius 3 is 2.48 bits per heavy atom. The van der Waals surface area contributed by atoms with Gasteiger partial charge in [0.05, 0.1) is 24.6 Å². The zero-order valence-electron chi connectivity index (χ0n) is 13.0. The van der Waals surface area contributed by atoms with Crippen LogP contribution in [0.5, 0.6) is 0 Å². The van der Waals surface area contributed by atoms with Crippen molar-refractivity contribution in [3.8, 4) is 0 Å². The molecule has 1 heterocycles. The standard InChI is InChI=1S/C16H15ClF2N2O3S/c17-11-1-3-15(21-5-7-24-8-6-21)14(9-11)20-25(22,23)16-4-2-12(18)10-13(16)19/h1-4,9-10,20H,5-8H2. The van der Waals surface area contributed by atoms with Gasteiger partial charge in [0.25, 0.3) is 10.0 Å². The molecule has 1 N–H and O–H groups in total. The molecule has 0 spiro atoms. The second-order valence-corrected chi connectivity index (χ2v) is 7.53. The highest BCUT2D eigenvalue weighted by atomic mass is 35.5. The van der Waals surface area contributed by atoms with Gasteiger partial charge in [-0.2, -0.15) is 0 Å². The minimum atomic E-state index is -4.25. The molecule has 0 unspecified atom stereocenters. The van der Waals surface area contributed by atoms with E-state index < -0.39 is 26.6 Å². The van der Waals surface area contributed by atoms with Crippen LogP contribution in [-0.2, 0) is 14.8 Å². The predicted octanol–water partition coefficient (Wildman–Crippen LogP) is 3.26. The topological polar surface area (TPSA) is 58.6 Å². The van der Waals surface area contributed by atoms with Gasteiger partial charge in [-0.15, -0.1) is 0 Å². The van der Waals surface area contributed by atoms with Crippen LogP contribution in [0.3, 0.4) is 0 Å². The summed E-state index contributed by atoms with van der Waals surface area (Å²) < 4.78 is 59.6. The highest BCUT2D eigenvalue weighted by molar-refractivity contribution is 7.92. The number of anilines is 2. The fraction of sp³-hybridized carbons (Fsp3) is 0.250. The van der Waals surface area contributed by atoms with Gasteiger partial charge in [0, 0.05) is 24.2 Å². The van der Waals surface area contributed by atoms with Crippen LogP contribution in [0.1, 0.15) is 0 Å². The van der Waals surface area contributed by atoms with Gasteiger partial charge < -0.3 is 9.64 Å². The summed E-state index contributed by atoms with van der Waals surface area (Å²) >= 11 is 5.98. The van der Waals surface area contributed by atoms with Gasteiger partial charge in [-0.25, -0.2) is 17.2 Å². The lowest BCUT2D eigenvalue weighted by molar-refractivity contribution is 0.123. The quantitative estimate of drug-likeness (QED) is 0.873. The Balaban J connectivity index is 1.97. The van der Waals surface area contributed by atoms with Crippen LogP contribution in [-0.4, -0.2) is 34.7 Å². The molecule has 2 aromatic rings. The van der Waals surface area contributed by atoms with Gasteiger partial charge in [0.2, 0.25) is 0 Å². The first-order chi connectivity index (χ1) is 11.9. The van der Waals surface area contributed by atoms with E-state index in [0.717, 1.165) is 12.1 Å². The lowest BCUT2D eigenvalue weighted by atomic mass is 10.2. The molecule has 0 radical (unpaired) electrons. The van der Waals surface area contributed by atoms with E-state index in [1.807, 2.05) is 4.90 Å². The maximum atomic E-state index is 13.9. The van der Waals surface area contributed by atoms with E-state index in [-0.39, 0.29) is 5.69 Å². The van der Waals surface area contributed by atoms with E-state index in [2.05, 4.69) is 4.72 Å². The molecule has 0 amide bonds. The van der Waals surface area contributed by atoms with Crippen LogP contribution < -0.4 is 9.62 Å². The second kappa shape index (κ2) is 7.15. The van der Waals surface area contributed by atoms with Crippen LogP contribution in [0.2, 0.25) is 5.02 Å². The molecule has 134 valence electrons. The van der Waals surface area contributed by atoms with Crippen molar-refractivity contribution < 1.29 is 21.9 Å². The predicted molar refractivity (Wildman–Crippen MR) is 91.7 cm³/mol. The summed E-state index contributed by atoms with van der Waals surface area (Å²) in [4.78, 5) is 1.31. The Morgan fingerprint density at radius 2 is 1.80 bits per heavy atom. The van der Waals surface area contributed by atoms with Crippen LogP contribution in [0.15, 0.2) is 41.3 Å². The highest BCUT2D eigenvalue weighted by Gasteiger charge is 2.23. The average molecular weight is 389 g/mol. The molecule has 0 saturated carbocycles. The molecule has 25 heavy (non-hydrogen) atoms. The maximum Gasteiger partial charge on any atom is 0.264 e. The van der Waals surface area contributed by atoms with Gasteiger partial charge >= 0.3 is 0 Å². The molecule has 5 nitrogen and oxygen atoms in total. The van der Waals surface area contributed by atoms with E-state index in [0.29, 0.717) is 43.1 Å². The number of benzene rings is 2. The summed E-state index contributed by atoms with van der Waals surface area (Å²) in [7, 11) is -4.25. The lowest BCUT2D eigenvalue weighted by Crippen LogP contribution is -2.36. The number of morpholine rings is 1. The van der Waals surface area contributed by atoms with Crippen molar-refractivity contribution >= 4 is 33.0 Å². The van der Waals surface area contributed by atoms with Crippen LogP contribution >= 0.6 is 11.6 Å². The van der Waals surface area contributed by atoms with Gasteiger partial charge in [0.15, 0.2) is 0 Å². The normalized spacial score (nSPS) is 15.2. The molecule has 1 fully saturated rings. The number of sulfonamides is 1. The van der Waals surface area contributed by atoms with Crippen molar-refractivity contribution in [1.29, 1.82) is 0 Å². The third-order valence-corrected chi connectivity index (χ3v) is 5.37. The second-order valence-electron chi connectivity index (χ2n) is 5.44. The molecular weight excluding hydrogens is 374 g/mol. The molecule has 3 rings (SSSR count). The van der Waals surface area contributed by atoms with Gasteiger partial charge in [-0.05, 0) is 30.3 Å². The third-order valence-electron chi connectivity index (χ3n) is 3.74. The molecule has 2 aromatic carbocycles. The van der Waals surface area contributed by atoms with Gasteiger partial charge in [-0.3, -0.25) is 4.72 Å². The number of nitrogens with zero attached hydrogens (tertiary/aromatic N) is 1. The van der Waals surface area contributed by atoms with E-state index in [1.54, 1.807) is 12.1 Å². The van der Waals surface area contributed by atoms with Crippen LogP contribution in [0, 0.1) is 11.6 Å². The first kappa shape index (κ1) is 17.9. The van der Waals surface area contributed by atoms with Gasteiger partial charge in [-0.1, -0.05) is 11.6 Å². The summed E-state index contributed by atoms with van der Waals surface area (Å²) in [6.07, 6.45) is 0. The largest absolute Gasteiger partial charge is 0.378 e. The number of rotatable bonds is 4. The SMILES string of the molecule is O=S(=O)(Nc1cc(Cl)ccc1N1CCOCC1)c1ccc(F)cc1F. The molecule has 0 aliphatic carbocycles. The van der Waals surface area contributed by atoms with E-state index in [9.17, 15) is 17.2 Å².